The topological polar surface area (TPSA) is 20.2 Å². The van der Waals surface area contributed by atoms with E-state index in [1.807, 2.05) is 6.07 Å². The Morgan fingerprint density at radius 1 is 1.12 bits per heavy atom. The zero-order valence-corrected chi connectivity index (χ0v) is 12.2. The highest BCUT2D eigenvalue weighted by atomic mass is 127. The number of hydrogen-bond acceptors (Lipinski definition) is 1. The molecule has 17 heavy (non-hydrogen) atoms. The van der Waals surface area contributed by atoms with E-state index in [2.05, 4.69) is 66.8 Å². The molecule has 0 radical (unpaired) electrons. The molecule has 1 nitrogen and oxygen atoms in total. The number of aryl methyl sites for hydroxylation is 2. The quantitative estimate of drug-likeness (QED) is 0.798. The van der Waals surface area contributed by atoms with Crippen LogP contribution in [0.3, 0.4) is 0 Å². The van der Waals surface area contributed by atoms with Crippen LogP contribution in [-0.4, -0.2) is 5.11 Å². The fourth-order valence-corrected chi connectivity index (χ4v) is 2.37. The minimum atomic E-state index is 0.373. The van der Waals surface area contributed by atoms with Gasteiger partial charge in [-0.2, -0.15) is 0 Å². The molecule has 0 aliphatic rings. The van der Waals surface area contributed by atoms with Gasteiger partial charge in [-0.15, -0.1) is 0 Å². The molecular weight excluding hydrogens is 323 g/mol. The van der Waals surface area contributed by atoms with Crippen molar-refractivity contribution in [3.8, 4) is 16.9 Å². The number of phenols is 1. The maximum absolute atomic E-state index is 9.74. The number of phenolic OH excluding ortho intramolecular Hbond substituents is 1. The average molecular weight is 338 g/mol. The van der Waals surface area contributed by atoms with Crippen molar-refractivity contribution in [3.05, 3.63) is 51.1 Å². The predicted molar refractivity (Wildman–Crippen MR) is 80.4 cm³/mol. The Kier molecular flexibility index (Phi) is 3.72. The van der Waals surface area contributed by atoms with Crippen molar-refractivity contribution in [2.75, 3.05) is 0 Å². The average Bonchev–Trinajstić information content (AvgIpc) is 2.33. The van der Waals surface area contributed by atoms with E-state index in [4.69, 9.17) is 0 Å². The lowest BCUT2D eigenvalue weighted by atomic mass is 9.97. The van der Waals surface area contributed by atoms with Crippen LogP contribution in [0.2, 0.25) is 0 Å². The fraction of sp³-hybridized carbons (Fsp3) is 0.200. The van der Waals surface area contributed by atoms with E-state index in [0.717, 1.165) is 9.99 Å². The van der Waals surface area contributed by atoms with Crippen LogP contribution in [0.1, 0.15) is 18.1 Å². The van der Waals surface area contributed by atoms with E-state index >= 15 is 0 Å². The summed E-state index contributed by atoms with van der Waals surface area (Å²) in [6.45, 7) is 4.20. The van der Waals surface area contributed by atoms with E-state index in [1.54, 1.807) is 0 Å². The van der Waals surface area contributed by atoms with Crippen molar-refractivity contribution >= 4 is 22.6 Å². The molecule has 0 atom stereocenters. The molecule has 0 saturated carbocycles. The van der Waals surface area contributed by atoms with Crippen LogP contribution in [0.5, 0.6) is 5.75 Å². The summed E-state index contributed by atoms with van der Waals surface area (Å²) in [4.78, 5) is 0. The van der Waals surface area contributed by atoms with Crippen molar-refractivity contribution < 1.29 is 5.11 Å². The Labute approximate surface area is 116 Å². The van der Waals surface area contributed by atoms with E-state index < -0.39 is 0 Å². The molecule has 88 valence electrons. The normalized spacial score (nSPS) is 10.5. The van der Waals surface area contributed by atoms with E-state index in [-0.39, 0.29) is 0 Å². The third kappa shape index (κ3) is 2.63. The zero-order chi connectivity index (χ0) is 12.4. The second-order valence-corrected chi connectivity index (χ2v) is 5.34. The van der Waals surface area contributed by atoms with Crippen LogP contribution in [0.15, 0.2) is 36.4 Å². The summed E-state index contributed by atoms with van der Waals surface area (Å²) in [5.74, 6) is 0.373. The molecule has 0 fully saturated rings. The van der Waals surface area contributed by atoms with Gasteiger partial charge in [-0.05, 0) is 64.8 Å². The minimum absolute atomic E-state index is 0.373. The number of halogens is 1. The van der Waals surface area contributed by atoms with Gasteiger partial charge in [0.15, 0.2) is 0 Å². The molecule has 0 unspecified atom stereocenters. The molecule has 2 heteroatoms. The smallest absolute Gasteiger partial charge is 0.129 e. The Morgan fingerprint density at radius 2 is 1.76 bits per heavy atom. The highest BCUT2D eigenvalue weighted by Gasteiger charge is 2.08. The number of hydrogen-bond donors (Lipinski definition) is 1. The standard InChI is InChI=1S/C15H15IO/c1-3-11-8-15(17)14(16)9-13(11)12-6-4-10(2)5-7-12/h4-9,17H,3H2,1-2H3. The molecule has 2 aromatic rings. The van der Waals surface area contributed by atoms with Crippen molar-refractivity contribution in [1.82, 2.24) is 0 Å². The second kappa shape index (κ2) is 5.08. The number of aromatic hydroxyl groups is 1. The molecular formula is C15H15IO. The van der Waals surface area contributed by atoms with Crippen LogP contribution in [0.25, 0.3) is 11.1 Å². The molecule has 2 rings (SSSR count). The summed E-state index contributed by atoms with van der Waals surface area (Å²) in [7, 11) is 0. The van der Waals surface area contributed by atoms with Gasteiger partial charge in [0.25, 0.3) is 0 Å². The van der Waals surface area contributed by atoms with Crippen molar-refractivity contribution in [1.29, 1.82) is 0 Å². The summed E-state index contributed by atoms with van der Waals surface area (Å²) in [5, 5.41) is 9.74. The van der Waals surface area contributed by atoms with Gasteiger partial charge < -0.3 is 5.11 Å². The molecule has 0 aliphatic carbocycles. The van der Waals surface area contributed by atoms with E-state index in [0.29, 0.717) is 5.75 Å². The highest BCUT2D eigenvalue weighted by molar-refractivity contribution is 14.1. The lowest BCUT2D eigenvalue weighted by molar-refractivity contribution is 0.471. The molecule has 0 saturated heterocycles. The highest BCUT2D eigenvalue weighted by Crippen LogP contribution is 2.31. The predicted octanol–water partition coefficient (Wildman–Crippen LogP) is 4.53. The Morgan fingerprint density at radius 3 is 2.35 bits per heavy atom. The van der Waals surface area contributed by atoms with Crippen molar-refractivity contribution in [2.45, 2.75) is 20.3 Å². The molecule has 0 aliphatic heterocycles. The molecule has 0 amide bonds. The van der Waals surface area contributed by atoms with Gasteiger partial charge in [0.2, 0.25) is 0 Å². The molecule has 0 heterocycles. The lowest BCUT2D eigenvalue weighted by Crippen LogP contribution is -1.90. The molecule has 2 aromatic carbocycles. The van der Waals surface area contributed by atoms with Crippen molar-refractivity contribution in [3.63, 3.8) is 0 Å². The largest absolute Gasteiger partial charge is 0.507 e. The second-order valence-electron chi connectivity index (χ2n) is 4.18. The first-order chi connectivity index (χ1) is 8.11. The third-order valence-electron chi connectivity index (χ3n) is 2.92. The van der Waals surface area contributed by atoms with Crippen molar-refractivity contribution in [2.24, 2.45) is 0 Å². The number of benzene rings is 2. The van der Waals surface area contributed by atoms with Crippen LogP contribution in [-0.2, 0) is 6.42 Å². The Bertz CT molecular complexity index is 529. The first kappa shape index (κ1) is 12.4. The van der Waals surface area contributed by atoms with Gasteiger partial charge in [0, 0.05) is 0 Å². The fourth-order valence-electron chi connectivity index (χ4n) is 1.90. The molecule has 1 N–H and O–H groups in total. The summed E-state index contributed by atoms with van der Waals surface area (Å²) < 4.78 is 0.898. The maximum Gasteiger partial charge on any atom is 0.129 e. The van der Waals surface area contributed by atoms with Gasteiger partial charge >= 0.3 is 0 Å². The van der Waals surface area contributed by atoms with Crippen LogP contribution in [0, 0.1) is 10.5 Å². The summed E-state index contributed by atoms with van der Waals surface area (Å²) >= 11 is 2.17. The maximum atomic E-state index is 9.74. The summed E-state index contributed by atoms with van der Waals surface area (Å²) in [6, 6.07) is 12.4. The monoisotopic (exact) mass is 338 g/mol. The van der Waals surface area contributed by atoms with Gasteiger partial charge in [0.05, 0.1) is 3.57 Å². The van der Waals surface area contributed by atoms with Crippen LogP contribution in [0.4, 0.5) is 0 Å². The van der Waals surface area contributed by atoms with Gasteiger partial charge in [-0.3, -0.25) is 0 Å². The van der Waals surface area contributed by atoms with E-state index in [9.17, 15) is 5.11 Å². The van der Waals surface area contributed by atoms with Gasteiger partial charge in [-0.25, -0.2) is 0 Å². The first-order valence-electron chi connectivity index (χ1n) is 5.70. The SMILES string of the molecule is CCc1cc(O)c(I)cc1-c1ccc(C)cc1. The summed E-state index contributed by atoms with van der Waals surface area (Å²) in [5.41, 5.74) is 4.88. The first-order valence-corrected chi connectivity index (χ1v) is 6.78. The molecule has 0 bridgehead atoms. The molecule has 0 aromatic heterocycles. The Hall–Kier alpha value is -1.03. The lowest BCUT2D eigenvalue weighted by Gasteiger charge is -2.10. The minimum Gasteiger partial charge on any atom is -0.507 e. The third-order valence-corrected chi connectivity index (χ3v) is 3.78. The van der Waals surface area contributed by atoms with Gasteiger partial charge in [-0.1, -0.05) is 36.8 Å². The van der Waals surface area contributed by atoms with E-state index in [1.165, 1.54) is 22.3 Å². The van der Waals surface area contributed by atoms with Gasteiger partial charge in [0.1, 0.15) is 5.75 Å². The van der Waals surface area contributed by atoms with Crippen LogP contribution < -0.4 is 0 Å². The molecule has 0 spiro atoms. The Balaban J connectivity index is 2.57. The van der Waals surface area contributed by atoms with Crippen LogP contribution >= 0.6 is 22.6 Å². The zero-order valence-electron chi connectivity index (χ0n) is 10.00. The number of rotatable bonds is 2. The summed E-state index contributed by atoms with van der Waals surface area (Å²) in [6.07, 6.45) is 0.924.